The van der Waals surface area contributed by atoms with E-state index in [4.69, 9.17) is 10.2 Å². The van der Waals surface area contributed by atoms with Crippen molar-refractivity contribution in [3.8, 4) is 61.8 Å². The number of nitrogens with zero attached hydrogens (tertiary/aromatic N) is 3. The van der Waals surface area contributed by atoms with Crippen LogP contribution in [0.5, 0.6) is 0 Å². The van der Waals surface area contributed by atoms with Gasteiger partial charge >= 0.3 is 0 Å². The average Bonchev–Trinajstić information content (AvgIpc) is 4.01. The number of thiophene rings is 1. The molecule has 0 aliphatic heterocycles. The lowest BCUT2D eigenvalue weighted by Gasteiger charge is -2.30. The van der Waals surface area contributed by atoms with Gasteiger partial charge in [0.15, 0.2) is 11.6 Å². The zero-order valence-corrected chi connectivity index (χ0v) is 30.5. The fraction of sp³-hybridized carbons (Fsp3) is 0.0196. The van der Waals surface area contributed by atoms with E-state index in [9.17, 15) is 0 Å². The molecule has 0 unspecified atom stereocenters. The van der Waals surface area contributed by atoms with Crippen molar-refractivity contribution >= 4 is 31.5 Å². The Balaban J connectivity index is 1.03. The van der Waals surface area contributed by atoms with Gasteiger partial charge in [0.2, 0.25) is 0 Å². The van der Waals surface area contributed by atoms with Gasteiger partial charge in [0, 0.05) is 37.0 Å². The third kappa shape index (κ3) is 4.20. The highest BCUT2D eigenvalue weighted by Crippen LogP contribution is 2.63. The number of benzene rings is 8. The van der Waals surface area contributed by atoms with E-state index in [1.807, 2.05) is 11.3 Å². The quantitative estimate of drug-likeness (QED) is 0.181. The van der Waals surface area contributed by atoms with Gasteiger partial charge in [-0.2, -0.15) is 0 Å². The van der Waals surface area contributed by atoms with Crippen LogP contribution in [0, 0.1) is 0 Å². The van der Waals surface area contributed by atoms with Crippen molar-refractivity contribution in [2.45, 2.75) is 5.41 Å². The maximum atomic E-state index is 4.98. The zero-order valence-electron chi connectivity index (χ0n) is 29.6. The molecule has 0 atom stereocenters. The third-order valence-electron chi connectivity index (χ3n) is 11.8. The van der Waals surface area contributed by atoms with E-state index in [1.165, 1.54) is 75.8 Å². The first-order chi connectivity index (χ1) is 27.3. The molecule has 1 spiro atoms. The molecule has 0 radical (unpaired) electrons. The van der Waals surface area contributed by atoms with E-state index in [0.29, 0.717) is 0 Å². The van der Waals surface area contributed by atoms with Crippen LogP contribution >= 0.6 is 11.3 Å². The maximum absolute atomic E-state index is 4.98. The number of aromatic nitrogens is 3. The standard InChI is InChI=1S/C51H31N3S/c1-2-13-35(14-3-1)54-49(33-27-25-32(26-28-33)36-19-12-20-42-41-18-7-11-24-47(41)55-48(36)42)52-53-50(54)34-29-30-40-39-17-6-10-23-45(39)51(46(40)31-34)43-21-8-4-15-37(43)38-16-5-9-22-44(38)51/h1-31H. The molecule has 12 rings (SSSR count). The molecule has 256 valence electrons. The number of para-hydroxylation sites is 1. The fourth-order valence-electron chi connectivity index (χ4n) is 9.49. The topological polar surface area (TPSA) is 30.7 Å². The molecule has 3 nitrogen and oxygen atoms in total. The first-order valence-electron chi connectivity index (χ1n) is 18.7. The van der Waals surface area contributed by atoms with Gasteiger partial charge in [0.25, 0.3) is 0 Å². The predicted molar refractivity (Wildman–Crippen MR) is 227 cm³/mol. The van der Waals surface area contributed by atoms with Crippen molar-refractivity contribution in [1.82, 2.24) is 14.8 Å². The predicted octanol–water partition coefficient (Wildman–Crippen LogP) is 13.0. The van der Waals surface area contributed by atoms with E-state index in [1.54, 1.807) is 0 Å². The van der Waals surface area contributed by atoms with Gasteiger partial charge in [0.05, 0.1) is 5.41 Å². The minimum absolute atomic E-state index is 0.428. The summed E-state index contributed by atoms with van der Waals surface area (Å²) in [6.07, 6.45) is 0. The van der Waals surface area contributed by atoms with Gasteiger partial charge < -0.3 is 0 Å². The molecule has 0 amide bonds. The van der Waals surface area contributed by atoms with E-state index in [0.717, 1.165) is 28.5 Å². The number of fused-ring (bicyclic) bond motifs is 13. The lowest BCUT2D eigenvalue weighted by Crippen LogP contribution is -2.25. The third-order valence-corrected chi connectivity index (χ3v) is 13.0. The van der Waals surface area contributed by atoms with Gasteiger partial charge in [-0.1, -0.05) is 164 Å². The summed E-state index contributed by atoms with van der Waals surface area (Å²) in [4.78, 5) is 0. The van der Waals surface area contributed by atoms with Gasteiger partial charge in [0.1, 0.15) is 0 Å². The molecule has 0 saturated heterocycles. The van der Waals surface area contributed by atoms with Crippen LogP contribution in [-0.4, -0.2) is 14.8 Å². The summed E-state index contributed by atoms with van der Waals surface area (Å²) in [6.45, 7) is 0. The minimum Gasteiger partial charge on any atom is -0.275 e. The van der Waals surface area contributed by atoms with E-state index < -0.39 is 5.41 Å². The molecule has 0 bridgehead atoms. The summed E-state index contributed by atoms with van der Waals surface area (Å²) < 4.78 is 4.84. The first-order valence-corrected chi connectivity index (χ1v) is 19.6. The highest BCUT2D eigenvalue weighted by atomic mass is 32.1. The van der Waals surface area contributed by atoms with Crippen molar-refractivity contribution < 1.29 is 0 Å². The molecule has 2 aromatic heterocycles. The normalized spacial score (nSPS) is 13.2. The molecule has 0 saturated carbocycles. The Morgan fingerprint density at radius 3 is 1.58 bits per heavy atom. The van der Waals surface area contributed by atoms with Crippen LogP contribution in [0.15, 0.2) is 188 Å². The molecule has 0 fully saturated rings. The smallest absolute Gasteiger partial charge is 0.168 e. The van der Waals surface area contributed by atoms with Crippen LogP contribution in [0.4, 0.5) is 0 Å². The Hall–Kier alpha value is -6.88. The molecule has 2 aliphatic rings. The van der Waals surface area contributed by atoms with Crippen molar-refractivity contribution in [3.05, 3.63) is 210 Å². The highest BCUT2D eigenvalue weighted by Gasteiger charge is 2.51. The highest BCUT2D eigenvalue weighted by molar-refractivity contribution is 7.26. The zero-order chi connectivity index (χ0) is 36.1. The molecule has 8 aromatic carbocycles. The average molecular weight is 718 g/mol. The van der Waals surface area contributed by atoms with Gasteiger partial charge in [-0.3, -0.25) is 4.57 Å². The molecule has 10 aromatic rings. The second kappa shape index (κ2) is 11.6. The second-order valence-electron chi connectivity index (χ2n) is 14.5. The molecular weight excluding hydrogens is 687 g/mol. The van der Waals surface area contributed by atoms with E-state index in [-0.39, 0.29) is 0 Å². The summed E-state index contributed by atoms with van der Waals surface area (Å²) in [5.41, 5.74) is 15.5. The van der Waals surface area contributed by atoms with Crippen LogP contribution in [0.3, 0.4) is 0 Å². The van der Waals surface area contributed by atoms with Gasteiger partial charge in [-0.05, 0) is 79.9 Å². The summed E-state index contributed by atoms with van der Waals surface area (Å²) in [5, 5.41) is 12.5. The lowest BCUT2D eigenvalue weighted by molar-refractivity contribution is 0.794. The van der Waals surface area contributed by atoms with E-state index >= 15 is 0 Å². The van der Waals surface area contributed by atoms with E-state index in [2.05, 4.69) is 193 Å². The Morgan fingerprint density at radius 2 is 0.891 bits per heavy atom. The largest absolute Gasteiger partial charge is 0.275 e. The van der Waals surface area contributed by atoms with Crippen LogP contribution < -0.4 is 0 Å². The Morgan fingerprint density at radius 1 is 0.382 bits per heavy atom. The number of hydrogen-bond acceptors (Lipinski definition) is 3. The minimum atomic E-state index is -0.428. The molecular formula is C51H31N3S. The molecule has 4 heteroatoms. The monoisotopic (exact) mass is 717 g/mol. The SMILES string of the molecule is c1ccc(-n2c(-c3ccc(-c4cccc5c4sc4ccccc45)cc3)nnc2-c2ccc3c(c2)C2(c4ccccc4-c4ccccc42)c2ccccc2-3)cc1. The summed E-state index contributed by atoms with van der Waals surface area (Å²) in [5.74, 6) is 1.62. The Bertz CT molecular complexity index is 3090. The van der Waals surface area contributed by atoms with Crippen molar-refractivity contribution in [1.29, 1.82) is 0 Å². The van der Waals surface area contributed by atoms with Crippen molar-refractivity contribution in [2.75, 3.05) is 0 Å². The van der Waals surface area contributed by atoms with Crippen molar-refractivity contribution in [3.63, 3.8) is 0 Å². The molecule has 2 aliphatic carbocycles. The van der Waals surface area contributed by atoms with Crippen LogP contribution in [-0.2, 0) is 5.41 Å². The molecule has 0 N–H and O–H groups in total. The second-order valence-corrected chi connectivity index (χ2v) is 15.6. The first kappa shape index (κ1) is 30.6. The fourth-order valence-corrected chi connectivity index (χ4v) is 10.7. The number of rotatable bonds is 4. The molecule has 55 heavy (non-hydrogen) atoms. The van der Waals surface area contributed by atoms with Crippen molar-refractivity contribution in [2.24, 2.45) is 0 Å². The Kier molecular flexibility index (Phi) is 6.42. The lowest BCUT2D eigenvalue weighted by atomic mass is 9.70. The Labute approximate surface area is 322 Å². The van der Waals surface area contributed by atoms with Crippen LogP contribution in [0.25, 0.3) is 82.0 Å². The van der Waals surface area contributed by atoms with Crippen LogP contribution in [0.2, 0.25) is 0 Å². The molecule has 2 heterocycles. The summed E-state index contributed by atoms with van der Waals surface area (Å²) >= 11 is 1.86. The number of hydrogen-bond donors (Lipinski definition) is 0. The maximum Gasteiger partial charge on any atom is 0.168 e. The summed E-state index contributed by atoms with van der Waals surface area (Å²) in [7, 11) is 0. The van der Waals surface area contributed by atoms with Gasteiger partial charge in [-0.25, -0.2) is 0 Å². The van der Waals surface area contributed by atoms with Crippen LogP contribution in [0.1, 0.15) is 22.3 Å². The summed E-state index contributed by atoms with van der Waals surface area (Å²) in [6, 6.07) is 68.4. The van der Waals surface area contributed by atoms with Gasteiger partial charge in [-0.15, -0.1) is 21.5 Å².